The van der Waals surface area contributed by atoms with Crippen molar-refractivity contribution in [3.63, 3.8) is 0 Å². The molecular formula is C11H12N2O2. The van der Waals surface area contributed by atoms with Crippen molar-refractivity contribution in [1.82, 2.24) is 10.3 Å². The van der Waals surface area contributed by atoms with Crippen LogP contribution in [-0.2, 0) is 4.79 Å². The summed E-state index contributed by atoms with van der Waals surface area (Å²) in [5.74, 6) is -0.0700. The Bertz CT molecular complexity index is 386. The van der Waals surface area contributed by atoms with Crippen LogP contribution in [0.15, 0.2) is 24.5 Å². The van der Waals surface area contributed by atoms with Crippen molar-refractivity contribution < 1.29 is 9.59 Å². The lowest BCUT2D eigenvalue weighted by Gasteiger charge is -1.96. The van der Waals surface area contributed by atoms with Gasteiger partial charge in [0.15, 0.2) is 6.29 Å². The Morgan fingerprint density at radius 3 is 2.87 bits per heavy atom. The van der Waals surface area contributed by atoms with Crippen molar-refractivity contribution in [3.05, 3.63) is 35.7 Å². The highest BCUT2D eigenvalue weighted by atomic mass is 16.1. The molecule has 0 saturated heterocycles. The molecule has 0 aliphatic rings. The maximum Gasteiger partial charge on any atom is 0.217 e. The van der Waals surface area contributed by atoms with E-state index in [-0.39, 0.29) is 5.91 Å². The molecule has 0 bridgehead atoms. The molecule has 78 valence electrons. The van der Waals surface area contributed by atoms with E-state index in [0.29, 0.717) is 12.1 Å². The SMILES string of the molecule is CC(=O)NCC=Cc1cncc(C=O)c1. The van der Waals surface area contributed by atoms with E-state index in [1.165, 1.54) is 13.1 Å². The molecule has 15 heavy (non-hydrogen) atoms. The Kier molecular flexibility index (Phi) is 4.22. The van der Waals surface area contributed by atoms with Crippen LogP contribution in [0.2, 0.25) is 0 Å². The minimum atomic E-state index is -0.0700. The summed E-state index contributed by atoms with van der Waals surface area (Å²) in [6, 6.07) is 1.73. The lowest BCUT2D eigenvalue weighted by molar-refractivity contribution is -0.118. The first kappa shape index (κ1) is 11.1. The summed E-state index contributed by atoms with van der Waals surface area (Å²) < 4.78 is 0. The first-order chi connectivity index (χ1) is 7.22. The summed E-state index contributed by atoms with van der Waals surface area (Å²) >= 11 is 0. The summed E-state index contributed by atoms with van der Waals surface area (Å²) in [6.07, 6.45) is 7.50. The smallest absolute Gasteiger partial charge is 0.217 e. The Morgan fingerprint density at radius 1 is 1.47 bits per heavy atom. The van der Waals surface area contributed by atoms with E-state index in [0.717, 1.165) is 11.8 Å². The van der Waals surface area contributed by atoms with E-state index >= 15 is 0 Å². The average Bonchev–Trinajstić information content (AvgIpc) is 2.24. The van der Waals surface area contributed by atoms with Crippen LogP contribution in [0.1, 0.15) is 22.8 Å². The Hall–Kier alpha value is -1.97. The molecule has 0 unspecified atom stereocenters. The fourth-order valence-electron chi connectivity index (χ4n) is 1.03. The number of hydrogen-bond acceptors (Lipinski definition) is 3. The third-order valence-electron chi connectivity index (χ3n) is 1.70. The first-order valence-corrected chi connectivity index (χ1v) is 4.53. The number of nitrogens with zero attached hydrogens (tertiary/aromatic N) is 1. The number of aldehydes is 1. The lowest BCUT2D eigenvalue weighted by atomic mass is 10.2. The Balaban J connectivity index is 2.56. The van der Waals surface area contributed by atoms with Gasteiger partial charge < -0.3 is 5.32 Å². The number of nitrogens with one attached hydrogen (secondary N) is 1. The number of pyridine rings is 1. The third-order valence-corrected chi connectivity index (χ3v) is 1.70. The summed E-state index contributed by atoms with van der Waals surface area (Å²) in [7, 11) is 0. The van der Waals surface area contributed by atoms with Gasteiger partial charge >= 0.3 is 0 Å². The van der Waals surface area contributed by atoms with Gasteiger partial charge in [0, 0.05) is 31.4 Å². The fraction of sp³-hybridized carbons (Fsp3) is 0.182. The van der Waals surface area contributed by atoms with Gasteiger partial charge in [-0.05, 0) is 11.6 Å². The van der Waals surface area contributed by atoms with Crippen LogP contribution in [0.5, 0.6) is 0 Å². The van der Waals surface area contributed by atoms with Crippen molar-refractivity contribution in [2.24, 2.45) is 0 Å². The fourth-order valence-corrected chi connectivity index (χ4v) is 1.03. The standard InChI is InChI=1S/C11H12N2O2/c1-9(15)13-4-2-3-10-5-11(8-14)7-12-6-10/h2-3,5-8H,4H2,1H3,(H,13,15). The molecule has 0 fully saturated rings. The molecule has 4 heteroatoms. The molecule has 1 aromatic rings. The number of rotatable bonds is 4. The van der Waals surface area contributed by atoms with Crippen molar-refractivity contribution in [3.8, 4) is 0 Å². The molecule has 1 N–H and O–H groups in total. The first-order valence-electron chi connectivity index (χ1n) is 4.53. The van der Waals surface area contributed by atoms with E-state index in [4.69, 9.17) is 0 Å². The predicted octanol–water partition coefficient (Wildman–Crippen LogP) is 1.04. The van der Waals surface area contributed by atoms with E-state index in [9.17, 15) is 9.59 Å². The minimum absolute atomic E-state index is 0.0700. The van der Waals surface area contributed by atoms with Crippen molar-refractivity contribution in [2.75, 3.05) is 6.54 Å². The van der Waals surface area contributed by atoms with Gasteiger partial charge in [-0.3, -0.25) is 14.6 Å². The number of aromatic nitrogens is 1. The maximum absolute atomic E-state index is 10.6. The monoisotopic (exact) mass is 204 g/mol. The quantitative estimate of drug-likeness (QED) is 0.745. The molecule has 0 radical (unpaired) electrons. The van der Waals surface area contributed by atoms with Crippen LogP contribution in [-0.4, -0.2) is 23.7 Å². The summed E-state index contributed by atoms with van der Waals surface area (Å²) in [5.41, 5.74) is 1.38. The number of carbonyl (C=O) groups excluding carboxylic acids is 2. The second-order valence-corrected chi connectivity index (χ2v) is 3.01. The highest BCUT2D eigenvalue weighted by molar-refractivity contribution is 5.75. The molecule has 4 nitrogen and oxygen atoms in total. The zero-order valence-corrected chi connectivity index (χ0v) is 8.43. The highest BCUT2D eigenvalue weighted by Gasteiger charge is 1.91. The number of hydrogen-bond donors (Lipinski definition) is 1. The summed E-state index contributed by atoms with van der Waals surface area (Å²) in [6.45, 7) is 1.93. The molecule has 0 spiro atoms. The zero-order valence-electron chi connectivity index (χ0n) is 8.43. The zero-order chi connectivity index (χ0) is 11.1. The summed E-state index contributed by atoms with van der Waals surface area (Å²) in [4.78, 5) is 24.9. The maximum atomic E-state index is 10.6. The molecule has 1 rings (SSSR count). The van der Waals surface area contributed by atoms with Gasteiger partial charge in [0.25, 0.3) is 0 Å². The van der Waals surface area contributed by atoms with Crippen LogP contribution in [0.4, 0.5) is 0 Å². The van der Waals surface area contributed by atoms with Crippen LogP contribution in [0, 0.1) is 0 Å². The molecular weight excluding hydrogens is 192 g/mol. The molecule has 0 aliphatic heterocycles. The van der Waals surface area contributed by atoms with Gasteiger partial charge in [-0.2, -0.15) is 0 Å². The second-order valence-electron chi connectivity index (χ2n) is 3.01. The van der Waals surface area contributed by atoms with Gasteiger partial charge in [-0.25, -0.2) is 0 Å². The largest absolute Gasteiger partial charge is 0.353 e. The molecule has 1 aromatic heterocycles. The molecule has 1 amide bonds. The van der Waals surface area contributed by atoms with Gasteiger partial charge in [0.2, 0.25) is 5.91 Å². The summed E-state index contributed by atoms with van der Waals surface area (Å²) in [5, 5.41) is 2.63. The number of carbonyl (C=O) groups is 2. The second kappa shape index (κ2) is 5.70. The van der Waals surface area contributed by atoms with Gasteiger partial charge in [-0.1, -0.05) is 12.2 Å². The predicted molar refractivity (Wildman–Crippen MR) is 57.3 cm³/mol. The Morgan fingerprint density at radius 2 is 2.20 bits per heavy atom. The normalized spacial score (nSPS) is 10.2. The minimum Gasteiger partial charge on any atom is -0.353 e. The highest BCUT2D eigenvalue weighted by Crippen LogP contribution is 2.02. The molecule has 0 aromatic carbocycles. The van der Waals surface area contributed by atoms with E-state index in [1.807, 2.05) is 0 Å². The number of amides is 1. The van der Waals surface area contributed by atoms with E-state index in [1.54, 1.807) is 24.4 Å². The van der Waals surface area contributed by atoms with Crippen LogP contribution in [0.25, 0.3) is 6.08 Å². The van der Waals surface area contributed by atoms with Crippen molar-refractivity contribution in [1.29, 1.82) is 0 Å². The van der Waals surface area contributed by atoms with E-state index in [2.05, 4.69) is 10.3 Å². The van der Waals surface area contributed by atoms with Crippen LogP contribution >= 0.6 is 0 Å². The molecule has 0 aliphatic carbocycles. The molecule has 0 saturated carbocycles. The van der Waals surface area contributed by atoms with Crippen LogP contribution in [0.3, 0.4) is 0 Å². The van der Waals surface area contributed by atoms with Gasteiger partial charge in [0.1, 0.15) is 0 Å². The Labute approximate surface area is 88.0 Å². The van der Waals surface area contributed by atoms with Gasteiger partial charge in [0.05, 0.1) is 0 Å². The topological polar surface area (TPSA) is 59.1 Å². The third kappa shape index (κ3) is 4.17. The van der Waals surface area contributed by atoms with E-state index < -0.39 is 0 Å². The van der Waals surface area contributed by atoms with Gasteiger partial charge in [-0.15, -0.1) is 0 Å². The van der Waals surface area contributed by atoms with Crippen LogP contribution < -0.4 is 5.32 Å². The molecule has 1 heterocycles. The lowest BCUT2D eigenvalue weighted by Crippen LogP contribution is -2.19. The van der Waals surface area contributed by atoms with Crippen molar-refractivity contribution >= 4 is 18.3 Å². The van der Waals surface area contributed by atoms with Crippen molar-refractivity contribution in [2.45, 2.75) is 6.92 Å². The molecule has 0 atom stereocenters. The average molecular weight is 204 g/mol.